The molecule has 1 aliphatic rings. The highest BCUT2D eigenvalue weighted by Crippen LogP contribution is 2.11. The van der Waals surface area contributed by atoms with Gasteiger partial charge in [-0.05, 0) is 31.2 Å². The van der Waals surface area contributed by atoms with Crippen LogP contribution in [0, 0.1) is 0 Å². The van der Waals surface area contributed by atoms with E-state index < -0.39 is 5.97 Å². The second-order valence-electron chi connectivity index (χ2n) is 4.94. The lowest BCUT2D eigenvalue weighted by molar-refractivity contribution is -0.144. The fraction of sp³-hybridized carbons (Fsp3) is 0.750. The molecule has 1 aromatic heterocycles. The molecule has 1 fully saturated rings. The van der Waals surface area contributed by atoms with Gasteiger partial charge in [-0.3, -0.25) is 4.79 Å². The van der Waals surface area contributed by atoms with Crippen LogP contribution in [-0.2, 0) is 20.8 Å². The molecular formula is C12H19N5O4. The fourth-order valence-corrected chi connectivity index (χ4v) is 2.26. The second-order valence-corrected chi connectivity index (χ2v) is 4.94. The van der Waals surface area contributed by atoms with Crippen molar-refractivity contribution >= 4 is 11.9 Å². The molecule has 0 aliphatic carbocycles. The molecule has 0 radical (unpaired) electrons. The SMILES string of the molecule is CCOC(=O)c1nnnn1CC(=O)N1CC(C)OC(C)C1. The minimum absolute atomic E-state index is 0.0175. The summed E-state index contributed by atoms with van der Waals surface area (Å²) in [5, 5.41) is 10.7. The van der Waals surface area contributed by atoms with E-state index >= 15 is 0 Å². The number of rotatable bonds is 4. The number of morpholine rings is 1. The molecule has 0 N–H and O–H groups in total. The average Bonchev–Trinajstić information content (AvgIpc) is 2.86. The number of hydrogen-bond donors (Lipinski definition) is 0. The smallest absolute Gasteiger partial charge is 0.378 e. The molecule has 2 rings (SSSR count). The van der Waals surface area contributed by atoms with Crippen molar-refractivity contribution < 1.29 is 19.1 Å². The normalized spacial score (nSPS) is 22.1. The molecule has 21 heavy (non-hydrogen) atoms. The number of hydrogen-bond acceptors (Lipinski definition) is 7. The lowest BCUT2D eigenvalue weighted by atomic mass is 10.2. The topological polar surface area (TPSA) is 99.4 Å². The molecule has 9 nitrogen and oxygen atoms in total. The number of amides is 1. The Labute approximate surface area is 122 Å². The van der Waals surface area contributed by atoms with E-state index in [2.05, 4.69) is 15.5 Å². The van der Waals surface area contributed by atoms with Gasteiger partial charge in [-0.1, -0.05) is 0 Å². The lowest BCUT2D eigenvalue weighted by Crippen LogP contribution is -2.49. The van der Waals surface area contributed by atoms with Crippen LogP contribution in [0.1, 0.15) is 31.4 Å². The number of tetrazole rings is 1. The maximum Gasteiger partial charge on any atom is 0.378 e. The number of aromatic nitrogens is 4. The first-order valence-corrected chi connectivity index (χ1v) is 6.87. The summed E-state index contributed by atoms with van der Waals surface area (Å²) >= 11 is 0. The maximum absolute atomic E-state index is 12.3. The van der Waals surface area contributed by atoms with E-state index in [-0.39, 0.29) is 37.1 Å². The Balaban J connectivity index is 2.03. The van der Waals surface area contributed by atoms with Crippen molar-refractivity contribution in [1.29, 1.82) is 0 Å². The van der Waals surface area contributed by atoms with E-state index in [9.17, 15) is 9.59 Å². The van der Waals surface area contributed by atoms with Crippen molar-refractivity contribution in [2.24, 2.45) is 0 Å². The largest absolute Gasteiger partial charge is 0.460 e. The minimum Gasteiger partial charge on any atom is -0.460 e. The number of carbonyl (C=O) groups excluding carboxylic acids is 2. The van der Waals surface area contributed by atoms with E-state index in [0.29, 0.717) is 13.1 Å². The van der Waals surface area contributed by atoms with E-state index in [0.717, 1.165) is 4.68 Å². The van der Waals surface area contributed by atoms with Gasteiger partial charge < -0.3 is 14.4 Å². The fourth-order valence-electron chi connectivity index (χ4n) is 2.26. The van der Waals surface area contributed by atoms with Gasteiger partial charge in [-0.25, -0.2) is 9.48 Å². The summed E-state index contributed by atoms with van der Waals surface area (Å²) in [6.07, 6.45) is -0.0350. The van der Waals surface area contributed by atoms with Crippen molar-refractivity contribution in [3.05, 3.63) is 5.82 Å². The molecule has 116 valence electrons. The van der Waals surface area contributed by atoms with Gasteiger partial charge in [0, 0.05) is 13.1 Å². The van der Waals surface area contributed by atoms with Crippen LogP contribution in [0.15, 0.2) is 0 Å². The maximum atomic E-state index is 12.3. The summed E-state index contributed by atoms with van der Waals surface area (Å²) < 4.78 is 11.6. The first kappa shape index (κ1) is 15.4. The van der Waals surface area contributed by atoms with Crippen LogP contribution < -0.4 is 0 Å². The molecule has 1 aromatic rings. The molecule has 0 saturated carbocycles. The highest BCUT2D eigenvalue weighted by molar-refractivity contribution is 5.86. The molecule has 0 bridgehead atoms. The zero-order valence-electron chi connectivity index (χ0n) is 12.4. The summed E-state index contributed by atoms with van der Waals surface area (Å²) in [5.74, 6) is -0.867. The van der Waals surface area contributed by atoms with Gasteiger partial charge >= 0.3 is 5.97 Å². The minimum atomic E-state index is -0.640. The van der Waals surface area contributed by atoms with Crippen molar-refractivity contribution in [1.82, 2.24) is 25.1 Å². The van der Waals surface area contributed by atoms with Crippen LogP contribution in [0.2, 0.25) is 0 Å². The van der Waals surface area contributed by atoms with E-state index in [4.69, 9.17) is 9.47 Å². The van der Waals surface area contributed by atoms with Gasteiger partial charge in [0.1, 0.15) is 6.54 Å². The standard InChI is InChI=1S/C12H19N5O4/c1-4-20-12(19)11-13-14-15-17(11)7-10(18)16-5-8(2)21-9(3)6-16/h8-9H,4-7H2,1-3H3. The highest BCUT2D eigenvalue weighted by Gasteiger charge is 2.27. The molecular weight excluding hydrogens is 278 g/mol. The van der Waals surface area contributed by atoms with Crippen LogP contribution in [0.5, 0.6) is 0 Å². The Morgan fingerprint density at radius 3 is 2.62 bits per heavy atom. The van der Waals surface area contributed by atoms with Gasteiger partial charge in [-0.15, -0.1) is 5.10 Å². The molecule has 1 saturated heterocycles. The average molecular weight is 297 g/mol. The quantitative estimate of drug-likeness (QED) is 0.690. The van der Waals surface area contributed by atoms with Gasteiger partial charge in [0.15, 0.2) is 0 Å². The third-order valence-electron chi connectivity index (χ3n) is 3.05. The van der Waals surface area contributed by atoms with Crippen molar-refractivity contribution in [2.75, 3.05) is 19.7 Å². The Kier molecular flexibility index (Phi) is 4.84. The van der Waals surface area contributed by atoms with Crippen LogP contribution in [0.4, 0.5) is 0 Å². The summed E-state index contributed by atoms with van der Waals surface area (Å²) in [6, 6.07) is 0. The second kappa shape index (κ2) is 6.61. The third-order valence-corrected chi connectivity index (χ3v) is 3.05. The predicted molar refractivity (Wildman–Crippen MR) is 70.4 cm³/mol. The van der Waals surface area contributed by atoms with E-state index in [1.54, 1.807) is 11.8 Å². The van der Waals surface area contributed by atoms with Crippen LogP contribution in [0.25, 0.3) is 0 Å². The molecule has 2 atom stereocenters. The zero-order valence-corrected chi connectivity index (χ0v) is 12.4. The van der Waals surface area contributed by atoms with Crippen LogP contribution >= 0.6 is 0 Å². The third kappa shape index (κ3) is 3.75. The molecule has 0 aromatic carbocycles. The van der Waals surface area contributed by atoms with Gasteiger partial charge in [0.25, 0.3) is 5.82 Å². The van der Waals surface area contributed by atoms with Gasteiger partial charge in [-0.2, -0.15) is 0 Å². The molecule has 2 heterocycles. The number of carbonyl (C=O) groups is 2. The molecule has 0 spiro atoms. The molecule has 1 amide bonds. The first-order chi connectivity index (χ1) is 10.0. The Bertz CT molecular complexity index is 508. The first-order valence-electron chi connectivity index (χ1n) is 6.87. The van der Waals surface area contributed by atoms with Crippen molar-refractivity contribution in [3.63, 3.8) is 0 Å². The van der Waals surface area contributed by atoms with E-state index in [1.807, 2.05) is 13.8 Å². The highest BCUT2D eigenvalue weighted by atomic mass is 16.5. The molecule has 9 heteroatoms. The lowest BCUT2D eigenvalue weighted by Gasteiger charge is -2.35. The summed E-state index contributed by atoms with van der Waals surface area (Å²) in [4.78, 5) is 25.6. The molecule has 2 unspecified atom stereocenters. The predicted octanol–water partition coefficient (Wildman–Crippen LogP) is -0.514. The Morgan fingerprint density at radius 2 is 2.00 bits per heavy atom. The van der Waals surface area contributed by atoms with Gasteiger partial charge in [0.05, 0.1) is 18.8 Å². The van der Waals surface area contributed by atoms with Gasteiger partial charge in [0.2, 0.25) is 5.91 Å². The van der Waals surface area contributed by atoms with E-state index in [1.165, 1.54) is 0 Å². The number of ether oxygens (including phenoxy) is 2. The number of nitrogens with zero attached hydrogens (tertiary/aromatic N) is 5. The monoisotopic (exact) mass is 297 g/mol. The van der Waals surface area contributed by atoms with Crippen molar-refractivity contribution in [2.45, 2.75) is 39.5 Å². The summed E-state index contributed by atoms with van der Waals surface area (Å²) in [6.45, 7) is 6.67. The summed E-state index contributed by atoms with van der Waals surface area (Å²) in [5.41, 5.74) is 0. The summed E-state index contributed by atoms with van der Waals surface area (Å²) in [7, 11) is 0. The number of esters is 1. The van der Waals surface area contributed by atoms with Crippen molar-refractivity contribution in [3.8, 4) is 0 Å². The molecule has 1 aliphatic heterocycles. The van der Waals surface area contributed by atoms with Crippen LogP contribution in [0.3, 0.4) is 0 Å². The van der Waals surface area contributed by atoms with Crippen LogP contribution in [-0.4, -0.2) is 68.9 Å². The Hall–Kier alpha value is -2.03. The zero-order chi connectivity index (χ0) is 15.4. The Morgan fingerprint density at radius 1 is 1.33 bits per heavy atom.